The van der Waals surface area contributed by atoms with Gasteiger partial charge in [0.15, 0.2) is 0 Å². The molecule has 104 valence electrons. The Morgan fingerprint density at radius 1 is 1.15 bits per heavy atom. The van der Waals surface area contributed by atoms with Crippen LogP contribution in [-0.4, -0.2) is 11.1 Å². The Hall–Kier alpha value is -1.04. The summed E-state index contributed by atoms with van der Waals surface area (Å²) < 4.78 is 7.14. The smallest absolute Gasteiger partial charge is 0.335 e. The van der Waals surface area contributed by atoms with E-state index in [0.717, 1.165) is 10.0 Å². The van der Waals surface area contributed by atoms with Crippen LogP contribution in [0, 0.1) is 0 Å². The van der Waals surface area contributed by atoms with Gasteiger partial charge in [-0.15, -0.1) is 0 Å². The molecule has 0 heterocycles. The van der Waals surface area contributed by atoms with E-state index >= 15 is 0 Å². The lowest BCUT2D eigenvalue weighted by molar-refractivity contribution is 0.0696. The molecule has 0 aliphatic carbocycles. The number of halogens is 3. The zero-order chi connectivity index (χ0) is 14.7. The summed E-state index contributed by atoms with van der Waals surface area (Å²) in [4.78, 5) is 10.8. The maximum absolute atomic E-state index is 10.8. The number of rotatable bonds is 4. The van der Waals surface area contributed by atoms with E-state index in [0.29, 0.717) is 21.9 Å². The highest BCUT2D eigenvalue weighted by atomic mass is 79.9. The third kappa shape index (κ3) is 3.75. The molecule has 0 atom stereocenters. The van der Waals surface area contributed by atoms with Gasteiger partial charge in [0.1, 0.15) is 12.4 Å². The Kier molecular flexibility index (Phi) is 5.07. The summed E-state index contributed by atoms with van der Waals surface area (Å²) in [6.45, 7) is 0.320. The van der Waals surface area contributed by atoms with Crippen molar-refractivity contribution in [2.45, 2.75) is 6.61 Å². The molecule has 0 saturated carbocycles. The van der Waals surface area contributed by atoms with Crippen molar-refractivity contribution in [3.05, 3.63) is 61.5 Å². The zero-order valence-electron chi connectivity index (χ0n) is 10.1. The van der Waals surface area contributed by atoms with Crippen LogP contribution in [0.3, 0.4) is 0 Å². The molecule has 0 spiro atoms. The molecular formula is C14H9Br2ClO3. The minimum absolute atomic E-state index is 0.230. The average molecular weight is 420 g/mol. The van der Waals surface area contributed by atoms with Crippen LogP contribution in [0.4, 0.5) is 0 Å². The van der Waals surface area contributed by atoms with Gasteiger partial charge in [-0.2, -0.15) is 0 Å². The number of hydrogen-bond donors (Lipinski definition) is 1. The van der Waals surface area contributed by atoms with Crippen molar-refractivity contribution in [3.63, 3.8) is 0 Å². The number of aromatic carboxylic acids is 1. The van der Waals surface area contributed by atoms with E-state index < -0.39 is 5.97 Å². The SMILES string of the molecule is O=C(O)c1ccc(COc2ccc(Cl)cc2Br)c(Br)c1. The van der Waals surface area contributed by atoms with E-state index in [1.165, 1.54) is 0 Å². The van der Waals surface area contributed by atoms with Gasteiger partial charge in [-0.3, -0.25) is 0 Å². The molecule has 0 aromatic heterocycles. The van der Waals surface area contributed by atoms with Crippen LogP contribution in [0.1, 0.15) is 15.9 Å². The van der Waals surface area contributed by atoms with E-state index in [1.807, 2.05) is 0 Å². The summed E-state index contributed by atoms with van der Waals surface area (Å²) in [6.07, 6.45) is 0. The number of hydrogen-bond acceptors (Lipinski definition) is 2. The lowest BCUT2D eigenvalue weighted by atomic mass is 10.1. The number of benzene rings is 2. The first kappa shape index (κ1) is 15.4. The molecule has 3 nitrogen and oxygen atoms in total. The molecule has 0 saturated heterocycles. The first-order chi connectivity index (χ1) is 9.47. The van der Waals surface area contributed by atoms with E-state index in [2.05, 4.69) is 31.9 Å². The Balaban J connectivity index is 2.13. The van der Waals surface area contributed by atoms with Gasteiger partial charge in [0.05, 0.1) is 10.0 Å². The normalized spacial score (nSPS) is 10.3. The van der Waals surface area contributed by atoms with Crippen LogP contribution in [0.15, 0.2) is 45.3 Å². The molecule has 0 unspecified atom stereocenters. The molecule has 2 rings (SSSR count). The van der Waals surface area contributed by atoms with Crippen molar-refractivity contribution in [3.8, 4) is 5.75 Å². The number of ether oxygens (including phenoxy) is 1. The standard InChI is InChI=1S/C14H9Br2ClO3/c15-11-5-8(14(18)19)1-2-9(11)7-20-13-4-3-10(17)6-12(13)16/h1-6H,7H2,(H,18,19). The van der Waals surface area contributed by atoms with Crippen LogP contribution in [0.25, 0.3) is 0 Å². The van der Waals surface area contributed by atoms with Crippen LogP contribution in [-0.2, 0) is 6.61 Å². The minimum Gasteiger partial charge on any atom is -0.488 e. The predicted molar refractivity (Wildman–Crippen MR) is 84.6 cm³/mol. The van der Waals surface area contributed by atoms with Gasteiger partial charge in [0, 0.05) is 15.1 Å². The van der Waals surface area contributed by atoms with E-state index in [4.69, 9.17) is 21.4 Å². The first-order valence-corrected chi connectivity index (χ1v) is 7.53. The van der Waals surface area contributed by atoms with Gasteiger partial charge in [-0.25, -0.2) is 4.79 Å². The molecular weight excluding hydrogens is 411 g/mol. The van der Waals surface area contributed by atoms with E-state index in [9.17, 15) is 4.79 Å². The highest BCUT2D eigenvalue weighted by Gasteiger charge is 2.08. The fraction of sp³-hybridized carbons (Fsp3) is 0.0714. The Morgan fingerprint density at radius 3 is 2.50 bits per heavy atom. The fourth-order valence-electron chi connectivity index (χ4n) is 1.55. The van der Waals surface area contributed by atoms with E-state index in [1.54, 1.807) is 36.4 Å². The van der Waals surface area contributed by atoms with Gasteiger partial charge in [0.2, 0.25) is 0 Å². The minimum atomic E-state index is -0.960. The van der Waals surface area contributed by atoms with Gasteiger partial charge in [-0.05, 0) is 46.3 Å². The lowest BCUT2D eigenvalue weighted by Crippen LogP contribution is -2.00. The van der Waals surface area contributed by atoms with Crippen molar-refractivity contribution in [2.24, 2.45) is 0 Å². The highest BCUT2D eigenvalue weighted by Crippen LogP contribution is 2.29. The molecule has 0 fully saturated rings. The first-order valence-electron chi connectivity index (χ1n) is 5.57. The summed E-state index contributed by atoms with van der Waals surface area (Å²) >= 11 is 12.6. The average Bonchev–Trinajstić information content (AvgIpc) is 2.38. The molecule has 6 heteroatoms. The second-order valence-corrected chi connectivity index (χ2v) is 6.12. The third-order valence-corrected chi connectivity index (χ3v) is 4.17. The van der Waals surface area contributed by atoms with Gasteiger partial charge >= 0.3 is 5.97 Å². The highest BCUT2D eigenvalue weighted by molar-refractivity contribution is 9.10. The second-order valence-electron chi connectivity index (χ2n) is 3.97. The number of carboxylic acid groups (broad SMARTS) is 1. The van der Waals surface area contributed by atoms with Gasteiger partial charge in [0.25, 0.3) is 0 Å². The van der Waals surface area contributed by atoms with Crippen LogP contribution in [0.2, 0.25) is 5.02 Å². The summed E-state index contributed by atoms with van der Waals surface area (Å²) in [5.41, 5.74) is 1.09. The Labute approximate surface area is 137 Å². The molecule has 0 radical (unpaired) electrons. The maximum Gasteiger partial charge on any atom is 0.335 e. The molecule has 0 amide bonds. The van der Waals surface area contributed by atoms with Crippen LogP contribution < -0.4 is 4.74 Å². The molecule has 2 aromatic carbocycles. The second kappa shape index (κ2) is 6.61. The molecule has 0 bridgehead atoms. The number of carboxylic acids is 1. The summed E-state index contributed by atoms with van der Waals surface area (Å²) in [6, 6.07) is 10.1. The van der Waals surface area contributed by atoms with Crippen molar-refractivity contribution in [1.29, 1.82) is 0 Å². The summed E-state index contributed by atoms with van der Waals surface area (Å²) in [5, 5.41) is 9.52. The molecule has 1 N–H and O–H groups in total. The van der Waals surface area contributed by atoms with Crippen LogP contribution >= 0.6 is 43.5 Å². The van der Waals surface area contributed by atoms with Gasteiger partial charge < -0.3 is 9.84 Å². The molecule has 0 aliphatic heterocycles. The number of carbonyl (C=O) groups is 1. The molecule has 20 heavy (non-hydrogen) atoms. The van der Waals surface area contributed by atoms with Crippen LogP contribution in [0.5, 0.6) is 5.75 Å². The van der Waals surface area contributed by atoms with Crippen molar-refractivity contribution < 1.29 is 14.6 Å². The lowest BCUT2D eigenvalue weighted by Gasteiger charge is -2.10. The van der Waals surface area contributed by atoms with Crippen molar-refractivity contribution >= 4 is 49.4 Å². The predicted octanol–water partition coefficient (Wildman–Crippen LogP) is 5.14. The van der Waals surface area contributed by atoms with Gasteiger partial charge in [-0.1, -0.05) is 33.6 Å². The largest absolute Gasteiger partial charge is 0.488 e. The quantitative estimate of drug-likeness (QED) is 0.745. The van der Waals surface area contributed by atoms with E-state index in [-0.39, 0.29) is 5.56 Å². The topological polar surface area (TPSA) is 46.5 Å². The van der Waals surface area contributed by atoms with Crippen molar-refractivity contribution in [2.75, 3.05) is 0 Å². The molecule has 2 aromatic rings. The Bertz CT molecular complexity index is 659. The summed E-state index contributed by atoms with van der Waals surface area (Å²) in [7, 11) is 0. The summed E-state index contributed by atoms with van der Waals surface area (Å²) in [5.74, 6) is -0.290. The Morgan fingerprint density at radius 2 is 1.90 bits per heavy atom. The third-order valence-electron chi connectivity index (χ3n) is 2.58. The maximum atomic E-state index is 10.8. The molecule has 0 aliphatic rings. The monoisotopic (exact) mass is 418 g/mol. The fourth-order valence-corrected chi connectivity index (χ4v) is 2.84. The zero-order valence-corrected chi connectivity index (χ0v) is 14.0. The van der Waals surface area contributed by atoms with Crippen molar-refractivity contribution in [1.82, 2.24) is 0 Å².